The predicted octanol–water partition coefficient (Wildman–Crippen LogP) is 7.27. The van der Waals surface area contributed by atoms with Crippen molar-refractivity contribution in [2.45, 2.75) is 33.7 Å². The number of aliphatic hydroxyl groups is 1. The average molecular weight is 524 g/mol. The molecule has 0 saturated carbocycles. The molecule has 0 radical (unpaired) electrons. The van der Waals surface area contributed by atoms with Crippen LogP contribution < -0.4 is 9.64 Å². The van der Waals surface area contributed by atoms with E-state index >= 15 is 0 Å². The van der Waals surface area contributed by atoms with Crippen molar-refractivity contribution in [3.63, 3.8) is 0 Å². The van der Waals surface area contributed by atoms with Gasteiger partial charge in [0.25, 0.3) is 11.7 Å². The third-order valence-electron chi connectivity index (χ3n) is 6.07. The van der Waals surface area contributed by atoms with E-state index in [1.165, 1.54) is 4.90 Å². The lowest BCUT2D eigenvalue weighted by atomic mass is 9.92. The van der Waals surface area contributed by atoms with Gasteiger partial charge in [0.05, 0.1) is 18.2 Å². The number of anilines is 1. The molecule has 1 aliphatic rings. The van der Waals surface area contributed by atoms with Crippen molar-refractivity contribution in [3.05, 3.63) is 98.5 Å². The van der Waals surface area contributed by atoms with E-state index in [4.69, 9.17) is 27.9 Å². The number of ketones is 1. The Hall–Kier alpha value is -3.28. The largest absolute Gasteiger partial charge is 0.507 e. The number of hydrogen-bond acceptors (Lipinski definition) is 4. The fourth-order valence-corrected chi connectivity index (χ4v) is 4.85. The van der Waals surface area contributed by atoms with Gasteiger partial charge in [-0.2, -0.15) is 0 Å². The number of nitrogens with zero attached hydrogens (tertiary/aromatic N) is 1. The summed E-state index contributed by atoms with van der Waals surface area (Å²) in [6.07, 6.45) is 0. The molecule has 3 aromatic rings. The van der Waals surface area contributed by atoms with E-state index < -0.39 is 17.7 Å². The number of carbonyl (C=O) groups excluding carboxylic acids is 2. The SMILES string of the molecule is Cc1cc(/C(O)=C2\C(=O)C(=O)N(c3cc(Cl)cc(Cl)c3)C2c2ccccc2C)ccc1OCC(C)C. The highest BCUT2D eigenvalue weighted by Gasteiger charge is 2.47. The van der Waals surface area contributed by atoms with Crippen molar-refractivity contribution >= 4 is 46.3 Å². The maximum Gasteiger partial charge on any atom is 0.300 e. The van der Waals surface area contributed by atoms with Gasteiger partial charge >= 0.3 is 0 Å². The van der Waals surface area contributed by atoms with Crippen LogP contribution in [0.25, 0.3) is 5.76 Å². The molecule has 1 aliphatic heterocycles. The van der Waals surface area contributed by atoms with Crippen molar-refractivity contribution in [2.75, 3.05) is 11.5 Å². The summed E-state index contributed by atoms with van der Waals surface area (Å²) in [5.74, 6) is -0.741. The molecule has 3 aromatic carbocycles. The van der Waals surface area contributed by atoms with Gasteiger partial charge in [0.15, 0.2) is 0 Å². The monoisotopic (exact) mass is 523 g/mol. The summed E-state index contributed by atoms with van der Waals surface area (Å²) in [6, 6.07) is 16.5. The second-order valence-corrected chi connectivity index (χ2v) is 10.2. The van der Waals surface area contributed by atoms with Gasteiger partial charge in [-0.1, -0.05) is 61.3 Å². The van der Waals surface area contributed by atoms with E-state index in [-0.39, 0.29) is 11.3 Å². The lowest BCUT2D eigenvalue weighted by Crippen LogP contribution is -2.29. The second kappa shape index (κ2) is 10.4. The number of aryl methyl sites for hydroxylation is 2. The molecule has 0 bridgehead atoms. The highest BCUT2D eigenvalue weighted by atomic mass is 35.5. The van der Waals surface area contributed by atoms with Gasteiger partial charge in [0, 0.05) is 21.3 Å². The van der Waals surface area contributed by atoms with Crippen LogP contribution in [0.1, 0.15) is 42.1 Å². The molecule has 4 rings (SSSR count). The Morgan fingerprint density at radius 1 is 0.972 bits per heavy atom. The van der Waals surface area contributed by atoms with Crippen LogP contribution in [0.4, 0.5) is 5.69 Å². The summed E-state index contributed by atoms with van der Waals surface area (Å²) in [5.41, 5.74) is 3.18. The third-order valence-corrected chi connectivity index (χ3v) is 6.51. The van der Waals surface area contributed by atoms with Crippen molar-refractivity contribution < 1.29 is 19.4 Å². The lowest BCUT2D eigenvalue weighted by Gasteiger charge is -2.27. The number of amides is 1. The Balaban J connectivity index is 1.89. The maximum absolute atomic E-state index is 13.4. The van der Waals surface area contributed by atoms with Crippen molar-refractivity contribution in [1.29, 1.82) is 0 Å². The summed E-state index contributed by atoms with van der Waals surface area (Å²) in [4.78, 5) is 28.1. The van der Waals surface area contributed by atoms with E-state index in [0.717, 1.165) is 11.1 Å². The number of aliphatic hydroxyl groups excluding tert-OH is 1. The topological polar surface area (TPSA) is 66.8 Å². The first-order valence-corrected chi connectivity index (χ1v) is 12.4. The van der Waals surface area contributed by atoms with Gasteiger partial charge in [-0.05, 0) is 72.9 Å². The van der Waals surface area contributed by atoms with E-state index in [1.807, 2.05) is 38.1 Å². The van der Waals surface area contributed by atoms with Gasteiger partial charge in [-0.3, -0.25) is 14.5 Å². The molecular formula is C29H27Cl2NO4. The number of rotatable bonds is 6. The first-order valence-electron chi connectivity index (χ1n) is 11.6. The molecule has 1 heterocycles. The minimum atomic E-state index is -0.863. The van der Waals surface area contributed by atoms with E-state index in [0.29, 0.717) is 45.1 Å². The van der Waals surface area contributed by atoms with Crippen molar-refractivity contribution in [1.82, 2.24) is 0 Å². The molecule has 7 heteroatoms. The van der Waals surface area contributed by atoms with Crippen LogP contribution in [-0.4, -0.2) is 23.4 Å². The van der Waals surface area contributed by atoms with Crippen LogP contribution in [0.15, 0.2) is 66.2 Å². The third kappa shape index (κ3) is 4.99. The zero-order chi connectivity index (χ0) is 26.1. The van der Waals surface area contributed by atoms with Gasteiger partial charge < -0.3 is 9.84 Å². The number of halogens is 2. The number of carbonyl (C=O) groups is 2. The van der Waals surface area contributed by atoms with Crippen LogP contribution >= 0.6 is 23.2 Å². The van der Waals surface area contributed by atoms with Crippen molar-refractivity contribution in [2.24, 2.45) is 5.92 Å². The van der Waals surface area contributed by atoms with Crippen LogP contribution in [0.3, 0.4) is 0 Å². The van der Waals surface area contributed by atoms with E-state index in [1.54, 1.807) is 36.4 Å². The van der Waals surface area contributed by atoms with Crippen molar-refractivity contribution in [3.8, 4) is 5.75 Å². The van der Waals surface area contributed by atoms with Gasteiger partial charge in [0.2, 0.25) is 0 Å². The number of ether oxygens (including phenoxy) is 1. The summed E-state index contributed by atoms with van der Waals surface area (Å²) >= 11 is 12.5. The van der Waals surface area contributed by atoms with E-state index in [2.05, 4.69) is 13.8 Å². The molecule has 1 amide bonds. The minimum Gasteiger partial charge on any atom is -0.507 e. The van der Waals surface area contributed by atoms with Gasteiger partial charge in [0.1, 0.15) is 11.5 Å². The first kappa shape index (κ1) is 25.8. The molecule has 0 spiro atoms. The maximum atomic E-state index is 13.4. The molecule has 36 heavy (non-hydrogen) atoms. The standard InChI is InChI=1S/C29H27Cl2NO4/c1-16(2)15-36-24-10-9-19(11-18(24)4)27(33)25-26(23-8-6-5-7-17(23)3)32(29(35)28(25)34)22-13-20(30)12-21(31)14-22/h5-14,16,26,33H,15H2,1-4H3/b27-25+. The molecule has 1 saturated heterocycles. The van der Waals surface area contributed by atoms with Crippen LogP contribution in [0.5, 0.6) is 5.75 Å². The second-order valence-electron chi connectivity index (χ2n) is 9.34. The highest BCUT2D eigenvalue weighted by Crippen LogP contribution is 2.44. The van der Waals surface area contributed by atoms with Crippen LogP contribution in [-0.2, 0) is 9.59 Å². The Morgan fingerprint density at radius 3 is 2.25 bits per heavy atom. The summed E-state index contributed by atoms with van der Waals surface area (Å²) in [6.45, 7) is 8.45. The Morgan fingerprint density at radius 2 is 1.64 bits per heavy atom. The predicted molar refractivity (Wildman–Crippen MR) is 144 cm³/mol. The Labute approximate surface area is 220 Å². The molecular weight excluding hydrogens is 497 g/mol. The summed E-state index contributed by atoms with van der Waals surface area (Å²) < 4.78 is 5.85. The zero-order valence-corrected chi connectivity index (χ0v) is 22.0. The molecule has 1 unspecified atom stereocenters. The Kier molecular flexibility index (Phi) is 7.43. The molecule has 1 N–H and O–H groups in total. The molecule has 186 valence electrons. The summed E-state index contributed by atoms with van der Waals surface area (Å²) in [5, 5.41) is 12.1. The fourth-order valence-electron chi connectivity index (χ4n) is 4.34. The van der Waals surface area contributed by atoms with Crippen LogP contribution in [0.2, 0.25) is 10.0 Å². The van der Waals surface area contributed by atoms with Gasteiger partial charge in [-0.15, -0.1) is 0 Å². The van der Waals surface area contributed by atoms with Gasteiger partial charge in [-0.25, -0.2) is 0 Å². The molecule has 1 fully saturated rings. The van der Waals surface area contributed by atoms with Crippen LogP contribution in [0, 0.1) is 19.8 Å². The normalized spacial score (nSPS) is 17.2. The summed E-state index contributed by atoms with van der Waals surface area (Å²) in [7, 11) is 0. The Bertz CT molecular complexity index is 1360. The molecule has 5 nitrogen and oxygen atoms in total. The zero-order valence-electron chi connectivity index (χ0n) is 20.5. The molecule has 0 aliphatic carbocycles. The molecule has 1 atom stereocenters. The fraction of sp³-hybridized carbons (Fsp3) is 0.241. The number of Topliss-reactive ketones (excluding diaryl/α,β-unsaturated/α-hetero) is 1. The lowest BCUT2D eigenvalue weighted by molar-refractivity contribution is -0.132. The average Bonchev–Trinajstić information content (AvgIpc) is 3.07. The van der Waals surface area contributed by atoms with E-state index in [9.17, 15) is 14.7 Å². The number of hydrogen-bond donors (Lipinski definition) is 1. The quantitative estimate of drug-likeness (QED) is 0.209. The minimum absolute atomic E-state index is 0.000599. The smallest absolute Gasteiger partial charge is 0.300 e. The number of benzene rings is 3. The first-order chi connectivity index (χ1) is 17.1. The highest BCUT2D eigenvalue weighted by molar-refractivity contribution is 6.52. The molecule has 0 aromatic heterocycles.